The zero-order chi connectivity index (χ0) is 18.5. The highest BCUT2D eigenvalue weighted by Gasteiger charge is 2.30. The predicted octanol–water partition coefficient (Wildman–Crippen LogP) is 7.99. The van der Waals surface area contributed by atoms with Crippen molar-refractivity contribution >= 4 is 0 Å². The van der Waals surface area contributed by atoms with Gasteiger partial charge in [-0.05, 0) is 62.2 Å². The highest BCUT2D eigenvalue weighted by atomic mass is 14.4. The molecular weight excluding hydrogens is 314 g/mol. The van der Waals surface area contributed by atoms with E-state index in [9.17, 15) is 0 Å². The van der Waals surface area contributed by atoms with Gasteiger partial charge in [-0.3, -0.25) is 0 Å². The Balaban J connectivity index is 1.55. The molecule has 146 valence electrons. The summed E-state index contributed by atoms with van der Waals surface area (Å²) in [6, 6.07) is 2.03. The highest BCUT2D eigenvalue weighted by Crippen LogP contribution is 2.43. The van der Waals surface area contributed by atoms with Crippen LogP contribution in [0.2, 0.25) is 0 Å². The Labute approximate surface area is 162 Å². The molecule has 0 heterocycles. The van der Waals surface area contributed by atoms with Crippen LogP contribution in [-0.4, -0.2) is 0 Å². The van der Waals surface area contributed by atoms with E-state index in [2.05, 4.69) is 13.0 Å². The van der Waals surface area contributed by atoms with Crippen LogP contribution in [0.3, 0.4) is 0 Å². The minimum Gasteiger partial charge on any atom is -0.193 e. The molecule has 0 amide bonds. The first-order chi connectivity index (χ1) is 12.8. The minimum absolute atomic E-state index is 0.950. The average molecular weight is 356 g/mol. The third-order valence-electron chi connectivity index (χ3n) is 7.07. The van der Waals surface area contributed by atoms with Crippen LogP contribution in [0.15, 0.2) is 24.3 Å². The summed E-state index contributed by atoms with van der Waals surface area (Å²) in [6.07, 6.45) is 29.4. The normalized spacial score (nSPS) is 30.0. The van der Waals surface area contributed by atoms with Gasteiger partial charge in [0.1, 0.15) is 0 Å². The third-order valence-corrected chi connectivity index (χ3v) is 7.07. The maximum Gasteiger partial charge on any atom is 0.0912 e. The quantitative estimate of drug-likeness (QED) is 0.221. The van der Waals surface area contributed by atoms with Crippen molar-refractivity contribution in [3.63, 3.8) is 0 Å². The molecule has 0 aliphatic heterocycles. The number of allylic oxidation sites excluding steroid dienone is 4. The van der Waals surface area contributed by atoms with Crippen molar-refractivity contribution in [3.05, 3.63) is 24.3 Å². The van der Waals surface area contributed by atoms with E-state index in [1.54, 1.807) is 6.08 Å². The highest BCUT2D eigenvalue weighted by molar-refractivity contribution is 5.11. The molecular formula is C25H41N. The molecule has 0 N–H and O–H groups in total. The molecule has 0 saturated heterocycles. The molecule has 2 saturated carbocycles. The zero-order valence-electron chi connectivity index (χ0n) is 17.2. The van der Waals surface area contributed by atoms with Crippen LogP contribution >= 0.6 is 0 Å². The minimum atomic E-state index is 0.950. The van der Waals surface area contributed by atoms with Gasteiger partial charge in [-0.15, -0.1) is 0 Å². The van der Waals surface area contributed by atoms with Crippen molar-refractivity contribution in [2.75, 3.05) is 0 Å². The number of nitrogens with zero attached hydrogens (tertiary/aromatic N) is 1. The lowest BCUT2D eigenvalue weighted by atomic mass is 9.68. The van der Waals surface area contributed by atoms with Crippen LogP contribution in [0.25, 0.3) is 0 Å². The van der Waals surface area contributed by atoms with Crippen LogP contribution in [0.1, 0.15) is 103 Å². The number of hydrogen-bond acceptors (Lipinski definition) is 1. The SMILES string of the molecule is CCCCCCC1CCC(C2CCC(CCC=CC=CC#N)CC2)CC1. The average Bonchev–Trinajstić information content (AvgIpc) is 2.69. The largest absolute Gasteiger partial charge is 0.193 e. The summed E-state index contributed by atoms with van der Waals surface area (Å²) in [5.41, 5.74) is 0. The van der Waals surface area contributed by atoms with Gasteiger partial charge in [0.25, 0.3) is 0 Å². The van der Waals surface area contributed by atoms with Crippen molar-refractivity contribution in [3.8, 4) is 6.07 Å². The molecule has 0 unspecified atom stereocenters. The Morgan fingerprint density at radius 3 is 1.96 bits per heavy atom. The summed E-state index contributed by atoms with van der Waals surface area (Å²) in [6.45, 7) is 2.31. The fraction of sp³-hybridized carbons (Fsp3) is 0.800. The van der Waals surface area contributed by atoms with E-state index in [0.29, 0.717) is 0 Å². The molecule has 2 aliphatic rings. The first-order valence-electron chi connectivity index (χ1n) is 11.5. The Bertz CT molecular complexity index is 439. The number of unbranched alkanes of at least 4 members (excludes halogenated alkanes) is 3. The van der Waals surface area contributed by atoms with Crippen LogP contribution in [0, 0.1) is 35.0 Å². The van der Waals surface area contributed by atoms with E-state index in [0.717, 1.165) is 23.7 Å². The second-order valence-corrected chi connectivity index (χ2v) is 8.90. The van der Waals surface area contributed by atoms with Gasteiger partial charge >= 0.3 is 0 Å². The van der Waals surface area contributed by atoms with Gasteiger partial charge in [-0.1, -0.05) is 82.9 Å². The molecule has 0 aromatic heterocycles. The van der Waals surface area contributed by atoms with E-state index >= 15 is 0 Å². The predicted molar refractivity (Wildman–Crippen MR) is 113 cm³/mol. The van der Waals surface area contributed by atoms with Crippen molar-refractivity contribution in [1.82, 2.24) is 0 Å². The molecule has 0 atom stereocenters. The topological polar surface area (TPSA) is 23.8 Å². The first kappa shape index (κ1) is 21.3. The van der Waals surface area contributed by atoms with Gasteiger partial charge in [0, 0.05) is 6.08 Å². The lowest BCUT2D eigenvalue weighted by Gasteiger charge is -2.38. The number of nitriles is 1. The summed E-state index contributed by atoms with van der Waals surface area (Å²) in [5.74, 6) is 4.10. The third kappa shape index (κ3) is 8.11. The Morgan fingerprint density at radius 2 is 1.38 bits per heavy atom. The van der Waals surface area contributed by atoms with Crippen molar-refractivity contribution in [2.24, 2.45) is 23.7 Å². The molecule has 26 heavy (non-hydrogen) atoms. The van der Waals surface area contributed by atoms with Crippen LogP contribution in [-0.2, 0) is 0 Å². The first-order valence-corrected chi connectivity index (χ1v) is 11.5. The van der Waals surface area contributed by atoms with Gasteiger partial charge in [0.2, 0.25) is 0 Å². The molecule has 0 spiro atoms. The summed E-state index contributed by atoms with van der Waals surface area (Å²) >= 11 is 0. The molecule has 2 aliphatic carbocycles. The standard InChI is InChI=1S/C25H41N/c1-2-3-4-8-11-22-13-17-24(18-14-22)25-19-15-23(16-20-25)12-9-6-5-7-10-21-26/h5-7,10,22-25H,2-4,8-9,11-20H2,1H3. The summed E-state index contributed by atoms with van der Waals surface area (Å²) < 4.78 is 0. The zero-order valence-corrected chi connectivity index (χ0v) is 17.2. The van der Waals surface area contributed by atoms with Crippen LogP contribution < -0.4 is 0 Å². The summed E-state index contributed by atoms with van der Waals surface area (Å²) in [7, 11) is 0. The maximum absolute atomic E-state index is 8.46. The smallest absolute Gasteiger partial charge is 0.0912 e. The molecule has 1 heteroatoms. The van der Waals surface area contributed by atoms with Crippen molar-refractivity contribution < 1.29 is 0 Å². The van der Waals surface area contributed by atoms with Gasteiger partial charge in [0.15, 0.2) is 0 Å². The van der Waals surface area contributed by atoms with Gasteiger partial charge in [0.05, 0.1) is 6.07 Å². The number of rotatable bonds is 10. The second-order valence-electron chi connectivity index (χ2n) is 8.90. The monoisotopic (exact) mass is 355 g/mol. The molecule has 0 aromatic rings. The molecule has 0 radical (unpaired) electrons. The van der Waals surface area contributed by atoms with Crippen LogP contribution in [0.4, 0.5) is 0 Å². The van der Waals surface area contributed by atoms with Crippen molar-refractivity contribution in [2.45, 2.75) is 103 Å². The lowest BCUT2D eigenvalue weighted by Crippen LogP contribution is -2.25. The van der Waals surface area contributed by atoms with E-state index in [1.165, 1.54) is 96.3 Å². The fourth-order valence-corrected chi connectivity index (χ4v) is 5.36. The molecule has 0 bridgehead atoms. The van der Waals surface area contributed by atoms with Crippen molar-refractivity contribution in [1.29, 1.82) is 5.26 Å². The van der Waals surface area contributed by atoms with Gasteiger partial charge < -0.3 is 0 Å². The van der Waals surface area contributed by atoms with E-state index in [4.69, 9.17) is 5.26 Å². The number of hydrogen-bond donors (Lipinski definition) is 0. The fourth-order valence-electron chi connectivity index (χ4n) is 5.36. The Hall–Kier alpha value is -1.03. The van der Waals surface area contributed by atoms with E-state index in [-0.39, 0.29) is 0 Å². The molecule has 0 aromatic carbocycles. The van der Waals surface area contributed by atoms with Crippen LogP contribution in [0.5, 0.6) is 0 Å². The Morgan fingerprint density at radius 1 is 0.769 bits per heavy atom. The van der Waals surface area contributed by atoms with Gasteiger partial charge in [-0.2, -0.15) is 5.26 Å². The molecule has 2 rings (SSSR count). The maximum atomic E-state index is 8.46. The lowest BCUT2D eigenvalue weighted by molar-refractivity contribution is 0.140. The van der Waals surface area contributed by atoms with E-state index in [1.807, 2.05) is 18.2 Å². The Kier molecular flexibility index (Phi) is 10.8. The summed E-state index contributed by atoms with van der Waals surface area (Å²) in [4.78, 5) is 0. The second kappa shape index (κ2) is 13.2. The van der Waals surface area contributed by atoms with Gasteiger partial charge in [-0.25, -0.2) is 0 Å². The molecule has 1 nitrogen and oxygen atoms in total. The summed E-state index contributed by atoms with van der Waals surface area (Å²) in [5, 5.41) is 8.46. The van der Waals surface area contributed by atoms with E-state index < -0.39 is 0 Å². The molecule has 2 fully saturated rings.